The van der Waals surface area contributed by atoms with E-state index in [-0.39, 0.29) is 12.4 Å². The first kappa shape index (κ1) is 14.1. The van der Waals surface area contributed by atoms with Crippen molar-refractivity contribution in [3.05, 3.63) is 65.2 Å². The predicted octanol–water partition coefficient (Wildman–Crippen LogP) is 3.29. The van der Waals surface area contributed by atoms with Gasteiger partial charge in [-0.2, -0.15) is 0 Å². The van der Waals surface area contributed by atoms with Gasteiger partial charge in [0, 0.05) is 0 Å². The summed E-state index contributed by atoms with van der Waals surface area (Å²) >= 11 is 0. The van der Waals surface area contributed by atoms with Crippen LogP contribution in [0, 0.1) is 6.92 Å². The maximum absolute atomic E-state index is 11.2. The molecule has 0 heterocycles. The summed E-state index contributed by atoms with van der Waals surface area (Å²) in [6.07, 6.45) is 0.286. The first-order valence-electron chi connectivity index (χ1n) is 6.51. The standard InChI is InChI=1S/C17H18O3/c1-13-3-5-15(6-4-13)12-20-16-9-7-14(8-10-16)11-17(18)19-2/h3-10H,11-12H2,1-2H3. The van der Waals surface area contributed by atoms with E-state index in [1.165, 1.54) is 12.7 Å². The van der Waals surface area contributed by atoms with Crippen LogP contribution in [0.2, 0.25) is 0 Å². The summed E-state index contributed by atoms with van der Waals surface area (Å²) in [7, 11) is 1.39. The van der Waals surface area contributed by atoms with E-state index < -0.39 is 0 Å². The Morgan fingerprint density at radius 2 is 1.55 bits per heavy atom. The highest BCUT2D eigenvalue weighted by atomic mass is 16.5. The van der Waals surface area contributed by atoms with Crippen molar-refractivity contribution in [1.82, 2.24) is 0 Å². The second kappa shape index (κ2) is 6.75. The number of carbonyl (C=O) groups is 1. The zero-order chi connectivity index (χ0) is 14.4. The molecule has 104 valence electrons. The van der Waals surface area contributed by atoms with E-state index in [1.807, 2.05) is 24.3 Å². The average Bonchev–Trinajstić information content (AvgIpc) is 2.48. The number of ether oxygens (including phenoxy) is 2. The van der Waals surface area contributed by atoms with Crippen LogP contribution in [0.15, 0.2) is 48.5 Å². The third-order valence-corrected chi connectivity index (χ3v) is 3.03. The molecule has 3 nitrogen and oxygen atoms in total. The number of esters is 1. The van der Waals surface area contributed by atoms with Crippen LogP contribution in [0.25, 0.3) is 0 Å². The quantitative estimate of drug-likeness (QED) is 0.782. The lowest BCUT2D eigenvalue weighted by molar-refractivity contribution is -0.139. The number of aryl methyl sites for hydroxylation is 1. The van der Waals surface area contributed by atoms with Gasteiger partial charge in [0.2, 0.25) is 0 Å². The van der Waals surface area contributed by atoms with E-state index in [2.05, 4.69) is 35.9 Å². The summed E-state index contributed by atoms with van der Waals surface area (Å²) in [6, 6.07) is 15.7. The molecule has 0 amide bonds. The van der Waals surface area contributed by atoms with Crippen molar-refractivity contribution in [2.75, 3.05) is 7.11 Å². The van der Waals surface area contributed by atoms with E-state index in [4.69, 9.17) is 4.74 Å². The van der Waals surface area contributed by atoms with Crippen LogP contribution >= 0.6 is 0 Å². The summed E-state index contributed by atoms with van der Waals surface area (Å²) in [6.45, 7) is 2.60. The number of methoxy groups -OCH3 is 1. The van der Waals surface area contributed by atoms with Gasteiger partial charge < -0.3 is 9.47 Å². The number of benzene rings is 2. The van der Waals surface area contributed by atoms with E-state index in [0.717, 1.165) is 16.9 Å². The number of hydrogen-bond acceptors (Lipinski definition) is 3. The third kappa shape index (κ3) is 4.12. The lowest BCUT2D eigenvalue weighted by atomic mass is 10.1. The van der Waals surface area contributed by atoms with Crippen LogP contribution in [0.4, 0.5) is 0 Å². The number of hydrogen-bond donors (Lipinski definition) is 0. The molecule has 2 rings (SSSR count). The summed E-state index contributed by atoms with van der Waals surface area (Å²) in [4.78, 5) is 11.2. The molecular weight excluding hydrogens is 252 g/mol. The van der Waals surface area contributed by atoms with E-state index in [0.29, 0.717) is 6.61 Å². The van der Waals surface area contributed by atoms with Gasteiger partial charge in [0.1, 0.15) is 12.4 Å². The minimum absolute atomic E-state index is 0.238. The van der Waals surface area contributed by atoms with Crippen molar-refractivity contribution in [1.29, 1.82) is 0 Å². The molecule has 0 aliphatic rings. The SMILES string of the molecule is COC(=O)Cc1ccc(OCc2ccc(C)cc2)cc1. The zero-order valence-electron chi connectivity index (χ0n) is 11.8. The van der Waals surface area contributed by atoms with Crippen LogP contribution < -0.4 is 4.74 Å². The minimum atomic E-state index is -0.238. The van der Waals surface area contributed by atoms with Crippen molar-refractivity contribution in [2.24, 2.45) is 0 Å². The highest BCUT2D eigenvalue weighted by Gasteiger charge is 2.03. The normalized spacial score (nSPS) is 10.1. The molecular formula is C17H18O3. The summed E-state index contributed by atoms with van der Waals surface area (Å²) in [5.41, 5.74) is 3.29. The molecule has 20 heavy (non-hydrogen) atoms. The summed E-state index contributed by atoms with van der Waals surface area (Å²) in [5.74, 6) is 0.553. The fourth-order valence-electron chi connectivity index (χ4n) is 1.79. The molecule has 0 saturated heterocycles. The average molecular weight is 270 g/mol. The van der Waals surface area contributed by atoms with Crippen LogP contribution in [0.5, 0.6) is 5.75 Å². The molecule has 0 aliphatic carbocycles. The highest BCUT2D eigenvalue weighted by molar-refractivity contribution is 5.72. The monoisotopic (exact) mass is 270 g/mol. The first-order chi connectivity index (χ1) is 9.67. The second-order valence-electron chi connectivity index (χ2n) is 4.67. The molecule has 0 aliphatic heterocycles. The van der Waals surface area contributed by atoms with Gasteiger partial charge in [-0.25, -0.2) is 0 Å². The maximum Gasteiger partial charge on any atom is 0.309 e. The zero-order valence-corrected chi connectivity index (χ0v) is 11.8. The van der Waals surface area contributed by atoms with Crippen molar-refractivity contribution in [2.45, 2.75) is 20.0 Å². The molecule has 2 aromatic rings. The topological polar surface area (TPSA) is 35.5 Å². The van der Waals surface area contributed by atoms with Crippen molar-refractivity contribution < 1.29 is 14.3 Å². The van der Waals surface area contributed by atoms with Crippen LogP contribution in [0.3, 0.4) is 0 Å². The Morgan fingerprint density at radius 1 is 0.950 bits per heavy atom. The van der Waals surface area contributed by atoms with Crippen molar-refractivity contribution in [3.63, 3.8) is 0 Å². The van der Waals surface area contributed by atoms with Crippen molar-refractivity contribution >= 4 is 5.97 Å². The molecule has 0 bridgehead atoms. The van der Waals surface area contributed by atoms with Crippen LogP contribution in [0.1, 0.15) is 16.7 Å². The second-order valence-corrected chi connectivity index (χ2v) is 4.67. The highest BCUT2D eigenvalue weighted by Crippen LogP contribution is 2.15. The number of rotatable bonds is 5. The van der Waals surface area contributed by atoms with Gasteiger partial charge in [0.05, 0.1) is 13.5 Å². The molecule has 3 heteroatoms. The number of carbonyl (C=O) groups excluding carboxylic acids is 1. The molecule has 2 aromatic carbocycles. The molecule has 0 radical (unpaired) electrons. The van der Waals surface area contributed by atoms with E-state index >= 15 is 0 Å². The van der Waals surface area contributed by atoms with Gasteiger partial charge in [-0.05, 0) is 30.2 Å². The molecule has 0 atom stereocenters. The fourth-order valence-corrected chi connectivity index (χ4v) is 1.79. The minimum Gasteiger partial charge on any atom is -0.489 e. The Labute approximate surface area is 119 Å². The lowest BCUT2D eigenvalue weighted by Crippen LogP contribution is -2.04. The third-order valence-electron chi connectivity index (χ3n) is 3.03. The van der Waals surface area contributed by atoms with Gasteiger partial charge in [0.25, 0.3) is 0 Å². The lowest BCUT2D eigenvalue weighted by Gasteiger charge is -2.07. The molecule has 0 unspecified atom stereocenters. The Morgan fingerprint density at radius 3 is 2.15 bits per heavy atom. The van der Waals surface area contributed by atoms with E-state index in [9.17, 15) is 4.79 Å². The molecule has 0 aromatic heterocycles. The van der Waals surface area contributed by atoms with Crippen LogP contribution in [-0.2, 0) is 22.6 Å². The van der Waals surface area contributed by atoms with Gasteiger partial charge in [-0.1, -0.05) is 42.0 Å². The van der Waals surface area contributed by atoms with Gasteiger partial charge in [-0.15, -0.1) is 0 Å². The fraction of sp³-hybridized carbons (Fsp3) is 0.235. The van der Waals surface area contributed by atoms with Gasteiger partial charge in [-0.3, -0.25) is 4.79 Å². The Hall–Kier alpha value is -2.29. The Balaban J connectivity index is 1.90. The van der Waals surface area contributed by atoms with E-state index in [1.54, 1.807) is 0 Å². The van der Waals surface area contributed by atoms with Crippen LogP contribution in [-0.4, -0.2) is 13.1 Å². The molecule has 0 saturated carbocycles. The predicted molar refractivity (Wildman–Crippen MR) is 77.7 cm³/mol. The Bertz CT molecular complexity index is 556. The Kier molecular flexibility index (Phi) is 4.77. The molecule has 0 fully saturated rings. The molecule has 0 spiro atoms. The summed E-state index contributed by atoms with van der Waals surface area (Å²) in [5, 5.41) is 0. The van der Waals surface area contributed by atoms with Gasteiger partial charge in [0.15, 0.2) is 0 Å². The largest absolute Gasteiger partial charge is 0.489 e. The maximum atomic E-state index is 11.2. The van der Waals surface area contributed by atoms with Crippen molar-refractivity contribution in [3.8, 4) is 5.75 Å². The smallest absolute Gasteiger partial charge is 0.309 e. The first-order valence-corrected chi connectivity index (χ1v) is 6.51. The van der Waals surface area contributed by atoms with Gasteiger partial charge >= 0.3 is 5.97 Å². The summed E-state index contributed by atoms with van der Waals surface area (Å²) < 4.78 is 10.3. The molecule has 0 N–H and O–H groups in total.